The smallest absolute Gasteiger partial charge is 0.143 e. The maximum absolute atomic E-state index is 11.5. The average molecular weight is 148 g/mol. The molecule has 2 saturated carbocycles. The Kier molecular flexibility index (Phi) is 0.869. The summed E-state index contributed by atoms with van der Waals surface area (Å²) in [6, 6.07) is 0. The van der Waals surface area contributed by atoms with Crippen LogP contribution in [0, 0.1) is 17.3 Å². The van der Waals surface area contributed by atoms with Crippen LogP contribution in [0.1, 0.15) is 25.7 Å². The summed E-state index contributed by atoms with van der Waals surface area (Å²) in [5.41, 5.74) is 0.0833. The van der Waals surface area contributed by atoms with E-state index >= 15 is 0 Å². The Bertz CT molecular complexity index is 254. The van der Waals surface area contributed by atoms with Crippen LogP contribution in [-0.2, 0) is 4.79 Å². The minimum Gasteiger partial charge on any atom is -0.299 e. The molecular weight excluding hydrogens is 136 g/mol. The Balaban J connectivity index is 2.10. The zero-order valence-corrected chi connectivity index (χ0v) is 6.55. The van der Waals surface area contributed by atoms with Crippen LogP contribution < -0.4 is 0 Å². The predicted molar refractivity (Wildman–Crippen MR) is 42.0 cm³/mol. The average Bonchev–Trinajstić information content (AvgIpc) is 2.50. The van der Waals surface area contributed by atoms with Crippen molar-refractivity contribution < 1.29 is 4.79 Å². The Morgan fingerprint density at radius 1 is 1.36 bits per heavy atom. The van der Waals surface area contributed by atoms with Crippen LogP contribution in [0.3, 0.4) is 0 Å². The van der Waals surface area contributed by atoms with Crippen molar-refractivity contribution >= 4 is 5.78 Å². The summed E-state index contributed by atoms with van der Waals surface area (Å²) in [6.45, 7) is 0. The van der Waals surface area contributed by atoms with E-state index in [1.54, 1.807) is 0 Å². The Morgan fingerprint density at radius 3 is 2.91 bits per heavy atom. The highest BCUT2D eigenvalue weighted by atomic mass is 16.1. The van der Waals surface area contributed by atoms with Crippen molar-refractivity contribution in [1.29, 1.82) is 0 Å². The lowest BCUT2D eigenvalue weighted by molar-refractivity contribution is -0.140. The third-order valence-corrected chi connectivity index (χ3v) is 3.94. The molecule has 0 aliphatic heterocycles. The first-order valence-electron chi connectivity index (χ1n) is 4.55. The zero-order valence-electron chi connectivity index (χ0n) is 6.55. The summed E-state index contributed by atoms with van der Waals surface area (Å²) in [7, 11) is 0. The van der Waals surface area contributed by atoms with Gasteiger partial charge < -0.3 is 0 Å². The molecule has 3 aliphatic carbocycles. The molecule has 0 saturated heterocycles. The summed E-state index contributed by atoms with van der Waals surface area (Å²) >= 11 is 0. The van der Waals surface area contributed by atoms with Gasteiger partial charge in [0.1, 0.15) is 5.78 Å². The quantitative estimate of drug-likeness (QED) is 0.480. The molecule has 3 rings (SSSR count). The largest absolute Gasteiger partial charge is 0.299 e. The van der Waals surface area contributed by atoms with E-state index in [0.717, 1.165) is 12.3 Å². The highest BCUT2D eigenvalue weighted by Gasteiger charge is 2.61. The Hall–Kier alpha value is -0.590. The van der Waals surface area contributed by atoms with Crippen LogP contribution in [0.2, 0.25) is 0 Å². The van der Waals surface area contributed by atoms with Crippen LogP contribution >= 0.6 is 0 Å². The van der Waals surface area contributed by atoms with Crippen molar-refractivity contribution in [2.24, 2.45) is 17.3 Å². The molecule has 0 N–H and O–H groups in total. The van der Waals surface area contributed by atoms with Gasteiger partial charge in [-0.1, -0.05) is 12.2 Å². The number of ketones is 1. The van der Waals surface area contributed by atoms with E-state index in [1.165, 1.54) is 19.3 Å². The summed E-state index contributed by atoms with van der Waals surface area (Å²) in [6.07, 6.45) is 9.07. The van der Waals surface area contributed by atoms with E-state index in [-0.39, 0.29) is 5.41 Å². The summed E-state index contributed by atoms with van der Waals surface area (Å²) in [4.78, 5) is 11.5. The second kappa shape index (κ2) is 1.60. The molecular formula is C10H12O. The van der Waals surface area contributed by atoms with Crippen LogP contribution in [0.5, 0.6) is 0 Å². The highest BCUT2D eigenvalue weighted by Crippen LogP contribution is 2.62. The van der Waals surface area contributed by atoms with E-state index in [9.17, 15) is 4.79 Å². The molecule has 0 aromatic rings. The maximum atomic E-state index is 11.5. The van der Waals surface area contributed by atoms with Gasteiger partial charge >= 0.3 is 0 Å². The van der Waals surface area contributed by atoms with Crippen LogP contribution in [0.15, 0.2) is 12.2 Å². The van der Waals surface area contributed by atoms with E-state index in [1.807, 2.05) is 0 Å². The second-order valence-corrected chi connectivity index (χ2v) is 4.17. The number of Topliss-reactive ketones (excluding diaryl/α,β-unsaturated/α-hetero) is 1. The molecule has 11 heavy (non-hydrogen) atoms. The van der Waals surface area contributed by atoms with Gasteiger partial charge in [-0.05, 0) is 31.1 Å². The van der Waals surface area contributed by atoms with Gasteiger partial charge in [0.05, 0.1) is 5.41 Å². The number of hydrogen-bond acceptors (Lipinski definition) is 1. The molecule has 2 fully saturated rings. The Labute approximate surface area is 66.5 Å². The summed E-state index contributed by atoms with van der Waals surface area (Å²) < 4.78 is 0. The first-order chi connectivity index (χ1) is 5.34. The van der Waals surface area contributed by atoms with Crippen molar-refractivity contribution in [3.8, 4) is 0 Å². The maximum Gasteiger partial charge on any atom is 0.143 e. The molecule has 3 atom stereocenters. The summed E-state index contributed by atoms with van der Waals surface area (Å²) in [5, 5.41) is 0. The SMILES string of the molecule is O=C1C[C@H]2CC[C@@H]3CC=C[C@]123. The second-order valence-electron chi connectivity index (χ2n) is 4.17. The first-order valence-corrected chi connectivity index (χ1v) is 4.55. The number of allylic oxidation sites excluding steroid dienone is 2. The van der Waals surface area contributed by atoms with Gasteiger partial charge in [-0.15, -0.1) is 0 Å². The molecule has 0 bridgehead atoms. The molecule has 0 heterocycles. The highest BCUT2D eigenvalue weighted by molar-refractivity contribution is 5.94. The van der Waals surface area contributed by atoms with Crippen LogP contribution in [0.4, 0.5) is 0 Å². The van der Waals surface area contributed by atoms with E-state index in [2.05, 4.69) is 12.2 Å². The van der Waals surface area contributed by atoms with Crippen molar-refractivity contribution in [1.82, 2.24) is 0 Å². The van der Waals surface area contributed by atoms with Gasteiger partial charge in [-0.3, -0.25) is 4.79 Å². The minimum atomic E-state index is 0.0833. The predicted octanol–water partition coefficient (Wildman–Crippen LogP) is 1.93. The Morgan fingerprint density at radius 2 is 2.18 bits per heavy atom. The lowest BCUT2D eigenvalue weighted by atomic mass is 9.59. The fourth-order valence-electron chi connectivity index (χ4n) is 3.31. The van der Waals surface area contributed by atoms with E-state index < -0.39 is 0 Å². The molecule has 0 unspecified atom stereocenters. The molecule has 0 radical (unpaired) electrons. The van der Waals surface area contributed by atoms with Crippen molar-refractivity contribution in [3.05, 3.63) is 12.2 Å². The molecule has 3 aliphatic rings. The molecule has 1 heteroatoms. The number of carbonyl (C=O) groups is 1. The van der Waals surface area contributed by atoms with Gasteiger partial charge in [0.2, 0.25) is 0 Å². The molecule has 0 aromatic heterocycles. The van der Waals surface area contributed by atoms with Crippen LogP contribution in [-0.4, -0.2) is 5.78 Å². The summed E-state index contributed by atoms with van der Waals surface area (Å²) in [5.74, 6) is 1.96. The standard InChI is InChI=1S/C10H12O/c11-9-6-8-4-3-7-2-1-5-10(7,8)9/h1,5,7-8H,2-4,6H2/t7-,8+,10+/m0/s1. The zero-order chi connectivity index (χ0) is 7.47. The van der Waals surface area contributed by atoms with Gasteiger partial charge in [-0.2, -0.15) is 0 Å². The van der Waals surface area contributed by atoms with Gasteiger partial charge in [0.15, 0.2) is 0 Å². The van der Waals surface area contributed by atoms with E-state index in [0.29, 0.717) is 11.7 Å². The third-order valence-electron chi connectivity index (χ3n) is 3.94. The minimum absolute atomic E-state index is 0.0833. The molecule has 0 aromatic carbocycles. The van der Waals surface area contributed by atoms with Crippen molar-refractivity contribution in [2.75, 3.05) is 0 Å². The molecule has 1 spiro atoms. The normalized spacial score (nSPS) is 52.2. The topological polar surface area (TPSA) is 17.1 Å². The lowest BCUT2D eigenvalue weighted by Crippen LogP contribution is -2.47. The van der Waals surface area contributed by atoms with Crippen molar-refractivity contribution in [2.45, 2.75) is 25.7 Å². The fraction of sp³-hybridized carbons (Fsp3) is 0.700. The van der Waals surface area contributed by atoms with Gasteiger partial charge in [0, 0.05) is 6.42 Å². The fourth-order valence-corrected chi connectivity index (χ4v) is 3.31. The number of rotatable bonds is 0. The number of carbonyl (C=O) groups excluding carboxylic acids is 1. The van der Waals surface area contributed by atoms with Crippen LogP contribution in [0.25, 0.3) is 0 Å². The molecule has 0 amide bonds. The third kappa shape index (κ3) is 0.463. The molecule has 58 valence electrons. The van der Waals surface area contributed by atoms with Gasteiger partial charge in [0.25, 0.3) is 0 Å². The van der Waals surface area contributed by atoms with Crippen molar-refractivity contribution in [3.63, 3.8) is 0 Å². The molecule has 1 nitrogen and oxygen atoms in total. The number of hydrogen-bond donors (Lipinski definition) is 0. The van der Waals surface area contributed by atoms with E-state index in [4.69, 9.17) is 0 Å². The monoisotopic (exact) mass is 148 g/mol. The lowest BCUT2D eigenvalue weighted by Gasteiger charge is -2.42. The van der Waals surface area contributed by atoms with Gasteiger partial charge in [-0.25, -0.2) is 0 Å². The first kappa shape index (κ1) is 5.99.